The van der Waals surface area contributed by atoms with E-state index in [1.54, 1.807) is 27.7 Å². The predicted molar refractivity (Wildman–Crippen MR) is 156 cm³/mol. The lowest BCUT2D eigenvalue weighted by Crippen LogP contribution is -2.23. The Morgan fingerprint density at radius 2 is 1.39 bits per heavy atom. The van der Waals surface area contributed by atoms with E-state index in [-0.39, 0.29) is 11.6 Å². The van der Waals surface area contributed by atoms with Gasteiger partial charge in [-0.05, 0) is 36.1 Å². The van der Waals surface area contributed by atoms with E-state index in [2.05, 4.69) is 17.2 Å². The summed E-state index contributed by atoms with van der Waals surface area (Å²) in [5.41, 5.74) is 0.0344. The number of nitro groups is 1. The van der Waals surface area contributed by atoms with Crippen molar-refractivity contribution >= 4 is 33.2 Å². The van der Waals surface area contributed by atoms with Crippen molar-refractivity contribution in [2.24, 2.45) is 0 Å². The third kappa shape index (κ3) is 19.9. The molecule has 0 bridgehead atoms. The molecule has 36 heavy (non-hydrogen) atoms. The smallest absolute Gasteiger partial charge is 0.287 e. The summed E-state index contributed by atoms with van der Waals surface area (Å²) >= 11 is 0. The van der Waals surface area contributed by atoms with Gasteiger partial charge in [-0.3, -0.25) is 14.9 Å². The lowest BCUT2D eigenvalue weighted by atomic mass is 10.1. The van der Waals surface area contributed by atoms with Crippen molar-refractivity contribution in [3.63, 3.8) is 0 Å². The molecule has 0 aromatic carbocycles. The number of nitrogens with zero attached hydrogens (tertiary/aromatic N) is 2. The van der Waals surface area contributed by atoms with Crippen molar-refractivity contribution in [3.05, 3.63) is 28.4 Å². The fraction of sp³-hybridized carbons (Fsp3) is 0.786. The first-order valence-corrected chi connectivity index (χ1v) is 16.6. The maximum atomic E-state index is 12.0. The number of nitrogens with one attached hydrogen (secondary N) is 1. The fourth-order valence-corrected chi connectivity index (χ4v) is 6.07. The third-order valence-electron chi connectivity index (χ3n) is 6.31. The number of carbonyl (C=O) groups is 1. The fourth-order valence-electron chi connectivity index (χ4n) is 4.07. The minimum atomic E-state index is -0.425. The second kappa shape index (κ2) is 24.1. The number of aromatic nitrogens is 1. The van der Waals surface area contributed by atoms with Crippen LogP contribution in [-0.2, 0) is 4.79 Å². The molecule has 0 saturated heterocycles. The van der Waals surface area contributed by atoms with Gasteiger partial charge in [-0.1, -0.05) is 114 Å². The SMILES string of the molecule is CCCCCCCCCCCCNC(=O)CCCCCCCCCCSSc1ccc([N+](=O)[O-])cn1. The van der Waals surface area contributed by atoms with Crippen LogP contribution in [0.25, 0.3) is 0 Å². The zero-order valence-electron chi connectivity index (χ0n) is 22.5. The molecule has 0 aliphatic rings. The van der Waals surface area contributed by atoms with Crippen LogP contribution in [0.1, 0.15) is 129 Å². The molecule has 206 valence electrons. The van der Waals surface area contributed by atoms with E-state index >= 15 is 0 Å². The molecule has 0 unspecified atom stereocenters. The quantitative estimate of drug-likeness (QED) is 0.0576. The van der Waals surface area contributed by atoms with Crippen LogP contribution in [0.2, 0.25) is 0 Å². The first kappa shape index (κ1) is 32.7. The van der Waals surface area contributed by atoms with E-state index in [0.717, 1.165) is 36.6 Å². The van der Waals surface area contributed by atoms with E-state index in [1.165, 1.54) is 109 Å². The molecule has 8 heteroatoms. The Bertz CT molecular complexity index is 675. The van der Waals surface area contributed by atoms with Gasteiger partial charge >= 0.3 is 0 Å². The Kier molecular flexibility index (Phi) is 21.9. The van der Waals surface area contributed by atoms with Gasteiger partial charge < -0.3 is 5.32 Å². The van der Waals surface area contributed by atoms with Crippen molar-refractivity contribution in [2.45, 2.75) is 134 Å². The molecule has 1 aromatic rings. The molecule has 0 aliphatic heterocycles. The zero-order valence-corrected chi connectivity index (χ0v) is 24.1. The number of amides is 1. The van der Waals surface area contributed by atoms with Gasteiger partial charge in [-0.15, -0.1) is 0 Å². The summed E-state index contributed by atoms with van der Waals surface area (Å²) in [4.78, 5) is 26.3. The molecule has 1 aromatic heterocycles. The van der Waals surface area contributed by atoms with E-state index in [9.17, 15) is 14.9 Å². The Labute approximate surface area is 227 Å². The average molecular weight is 540 g/mol. The second-order valence-electron chi connectivity index (χ2n) is 9.63. The van der Waals surface area contributed by atoms with Crippen LogP contribution >= 0.6 is 21.6 Å². The third-order valence-corrected chi connectivity index (χ3v) is 8.66. The molecule has 0 spiro atoms. The van der Waals surface area contributed by atoms with Crippen molar-refractivity contribution in [2.75, 3.05) is 12.3 Å². The molecule has 1 amide bonds. The molecule has 6 nitrogen and oxygen atoms in total. The lowest BCUT2D eigenvalue weighted by molar-refractivity contribution is -0.385. The summed E-state index contributed by atoms with van der Waals surface area (Å²) in [5, 5.41) is 14.5. The number of hydrogen-bond donors (Lipinski definition) is 1. The summed E-state index contributed by atoms with van der Waals surface area (Å²) in [6, 6.07) is 3.21. The van der Waals surface area contributed by atoms with Crippen LogP contribution in [0, 0.1) is 10.1 Å². The molecular formula is C28H49N3O3S2. The van der Waals surface area contributed by atoms with Crippen LogP contribution < -0.4 is 5.32 Å². The Balaban J connectivity index is 1.77. The minimum absolute atomic E-state index is 0.0344. The Morgan fingerprint density at radius 1 is 0.833 bits per heavy atom. The summed E-state index contributed by atoms with van der Waals surface area (Å²) in [6.07, 6.45) is 24.9. The van der Waals surface area contributed by atoms with Gasteiger partial charge in [0.2, 0.25) is 5.91 Å². The van der Waals surface area contributed by atoms with Crippen LogP contribution in [0.3, 0.4) is 0 Å². The monoisotopic (exact) mass is 539 g/mol. The molecule has 0 radical (unpaired) electrons. The molecule has 0 atom stereocenters. The molecule has 0 saturated carbocycles. The van der Waals surface area contributed by atoms with Crippen molar-refractivity contribution in [3.8, 4) is 0 Å². The van der Waals surface area contributed by atoms with Crippen LogP contribution in [0.5, 0.6) is 0 Å². The highest BCUT2D eigenvalue weighted by atomic mass is 33.1. The molecule has 1 N–H and O–H groups in total. The van der Waals surface area contributed by atoms with E-state index in [4.69, 9.17) is 0 Å². The first-order chi connectivity index (χ1) is 17.6. The minimum Gasteiger partial charge on any atom is -0.356 e. The number of rotatable bonds is 25. The number of hydrogen-bond acceptors (Lipinski definition) is 6. The number of unbranched alkanes of at least 4 members (excludes halogenated alkanes) is 16. The van der Waals surface area contributed by atoms with Crippen LogP contribution in [0.4, 0.5) is 5.69 Å². The molecule has 0 fully saturated rings. The number of carbonyl (C=O) groups excluding carboxylic acids is 1. The van der Waals surface area contributed by atoms with E-state index in [1.807, 2.05) is 0 Å². The van der Waals surface area contributed by atoms with Gasteiger partial charge in [0.1, 0.15) is 11.2 Å². The molecule has 1 rings (SSSR count). The summed E-state index contributed by atoms with van der Waals surface area (Å²) in [5.74, 6) is 1.29. The highest BCUT2D eigenvalue weighted by Crippen LogP contribution is 2.31. The maximum absolute atomic E-state index is 12.0. The second-order valence-corrected chi connectivity index (χ2v) is 12.1. The summed E-state index contributed by atoms with van der Waals surface area (Å²) in [7, 11) is 3.34. The highest BCUT2D eigenvalue weighted by molar-refractivity contribution is 8.76. The van der Waals surface area contributed by atoms with Crippen molar-refractivity contribution in [1.29, 1.82) is 0 Å². The average Bonchev–Trinajstić information content (AvgIpc) is 2.88. The predicted octanol–water partition coefficient (Wildman–Crippen LogP) is 9.28. The van der Waals surface area contributed by atoms with Crippen molar-refractivity contribution in [1.82, 2.24) is 10.3 Å². The van der Waals surface area contributed by atoms with Gasteiger partial charge in [-0.25, -0.2) is 4.98 Å². The normalized spacial score (nSPS) is 11.0. The molecule has 0 aliphatic carbocycles. The van der Waals surface area contributed by atoms with E-state index < -0.39 is 4.92 Å². The zero-order chi connectivity index (χ0) is 26.1. The highest BCUT2D eigenvalue weighted by Gasteiger charge is 2.05. The van der Waals surface area contributed by atoms with E-state index in [0.29, 0.717) is 6.42 Å². The van der Waals surface area contributed by atoms with Gasteiger partial charge in [0.05, 0.1) is 4.92 Å². The first-order valence-electron chi connectivity index (χ1n) is 14.3. The largest absolute Gasteiger partial charge is 0.356 e. The Morgan fingerprint density at radius 3 is 1.94 bits per heavy atom. The standard InChI is InChI=1S/C28H49N3O3S2/c1-2-3-4-5-6-7-9-12-15-18-23-29-27(32)20-17-14-11-8-10-13-16-19-24-35-36-28-22-21-26(25-30-28)31(33)34/h21-22,25H,2-20,23-24H2,1H3,(H,29,32). The molecule has 1 heterocycles. The van der Waals surface area contributed by atoms with Gasteiger partial charge in [0, 0.05) is 24.8 Å². The van der Waals surface area contributed by atoms with Crippen LogP contribution in [0.15, 0.2) is 23.4 Å². The Hall–Kier alpha value is -1.28. The van der Waals surface area contributed by atoms with Gasteiger partial charge in [0.15, 0.2) is 0 Å². The van der Waals surface area contributed by atoms with Crippen LogP contribution in [-0.4, -0.2) is 28.1 Å². The lowest BCUT2D eigenvalue weighted by Gasteiger charge is -2.06. The molecular weight excluding hydrogens is 490 g/mol. The van der Waals surface area contributed by atoms with Gasteiger partial charge in [0.25, 0.3) is 5.69 Å². The summed E-state index contributed by atoms with van der Waals surface area (Å²) in [6.45, 7) is 3.11. The van der Waals surface area contributed by atoms with Gasteiger partial charge in [-0.2, -0.15) is 0 Å². The van der Waals surface area contributed by atoms with Crippen molar-refractivity contribution < 1.29 is 9.72 Å². The topological polar surface area (TPSA) is 85.1 Å². The maximum Gasteiger partial charge on any atom is 0.287 e. The summed E-state index contributed by atoms with van der Waals surface area (Å²) < 4.78 is 0. The number of pyridine rings is 1.